The normalized spacial score (nSPS) is 10.5. The number of rotatable bonds is 1. The molecule has 1 heterocycles. The third-order valence-electron chi connectivity index (χ3n) is 1.58. The minimum absolute atomic E-state index is 0.305. The minimum atomic E-state index is -0.347. The molecule has 0 aliphatic rings. The van der Waals surface area contributed by atoms with Gasteiger partial charge in [-0.05, 0) is 39.7 Å². The molecule has 2 rings (SSSR count). The highest BCUT2D eigenvalue weighted by Crippen LogP contribution is 2.31. The van der Waals surface area contributed by atoms with Crippen LogP contribution in [0.1, 0.15) is 0 Å². The fraction of sp³-hybridized carbons (Fsp3) is 0. The highest BCUT2D eigenvalue weighted by atomic mass is 79.9. The van der Waals surface area contributed by atoms with Crippen molar-refractivity contribution in [1.29, 1.82) is 0 Å². The summed E-state index contributed by atoms with van der Waals surface area (Å²) in [6.07, 6.45) is 0. The molecule has 0 unspecified atom stereocenters. The molecule has 1 aromatic heterocycles. The fourth-order valence-corrected chi connectivity index (χ4v) is 2.20. The summed E-state index contributed by atoms with van der Waals surface area (Å²) in [6.45, 7) is 0. The Morgan fingerprint density at radius 1 is 1.36 bits per heavy atom. The lowest BCUT2D eigenvalue weighted by Crippen LogP contribution is -1.84. The number of benzene rings is 1. The van der Waals surface area contributed by atoms with Gasteiger partial charge in [0.25, 0.3) is 0 Å². The maximum atomic E-state index is 13.5. The lowest BCUT2D eigenvalue weighted by Gasteiger charge is -1.98. The first kappa shape index (κ1) is 10.0. The van der Waals surface area contributed by atoms with E-state index in [-0.39, 0.29) is 5.82 Å². The Bertz CT molecular complexity index is 474. The van der Waals surface area contributed by atoms with Gasteiger partial charge in [-0.15, -0.1) is 10.2 Å². The molecular weight excluding hydrogens is 291 g/mol. The average molecular weight is 294 g/mol. The van der Waals surface area contributed by atoms with Crippen LogP contribution in [0.5, 0.6) is 0 Å². The molecule has 14 heavy (non-hydrogen) atoms. The van der Waals surface area contributed by atoms with Crippen LogP contribution in [-0.2, 0) is 0 Å². The van der Waals surface area contributed by atoms with Gasteiger partial charge in [-0.1, -0.05) is 17.4 Å². The van der Waals surface area contributed by atoms with E-state index < -0.39 is 0 Å². The molecular formula is C8H3BrClFN2S. The number of halogens is 3. The Morgan fingerprint density at radius 3 is 2.79 bits per heavy atom. The molecule has 0 saturated heterocycles. The van der Waals surface area contributed by atoms with Crippen molar-refractivity contribution in [2.45, 2.75) is 0 Å². The van der Waals surface area contributed by atoms with Crippen LogP contribution >= 0.6 is 38.9 Å². The van der Waals surface area contributed by atoms with Gasteiger partial charge >= 0.3 is 0 Å². The van der Waals surface area contributed by atoms with E-state index in [2.05, 4.69) is 26.1 Å². The number of hydrogen-bond donors (Lipinski definition) is 0. The van der Waals surface area contributed by atoms with E-state index in [0.29, 0.717) is 19.5 Å². The van der Waals surface area contributed by atoms with Crippen LogP contribution in [0.15, 0.2) is 22.7 Å². The molecule has 2 aromatic rings. The van der Waals surface area contributed by atoms with Crippen molar-refractivity contribution < 1.29 is 4.39 Å². The highest BCUT2D eigenvalue weighted by molar-refractivity contribution is 9.10. The molecule has 72 valence electrons. The molecule has 0 N–H and O–H groups in total. The molecule has 0 amide bonds. The Balaban J connectivity index is 2.57. The summed E-state index contributed by atoms with van der Waals surface area (Å²) < 4.78 is 14.3. The van der Waals surface area contributed by atoms with Crippen LogP contribution in [-0.4, -0.2) is 10.2 Å². The lowest BCUT2D eigenvalue weighted by molar-refractivity contribution is 0.624. The van der Waals surface area contributed by atoms with Crippen LogP contribution < -0.4 is 0 Å². The number of aromatic nitrogens is 2. The Morgan fingerprint density at radius 2 is 2.14 bits per heavy atom. The van der Waals surface area contributed by atoms with Gasteiger partial charge in [0, 0.05) is 5.56 Å². The standard InChI is InChI=1S/C8H3BrClFN2S/c9-5-3-1-2-4(6(5)11)7-12-13-8(10)14-7/h1-3H. The zero-order valence-corrected chi connectivity index (χ0v) is 9.83. The summed E-state index contributed by atoms with van der Waals surface area (Å²) in [7, 11) is 0. The molecule has 0 aliphatic carbocycles. The molecule has 0 bridgehead atoms. The molecule has 0 fully saturated rings. The van der Waals surface area contributed by atoms with E-state index in [0.717, 1.165) is 11.3 Å². The van der Waals surface area contributed by atoms with E-state index in [1.165, 1.54) is 0 Å². The van der Waals surface area contributed by atoms with Crippen LogP contribution in [0.2, 0.25) is 4.47 Å². The van der Waals surface area contributed by atoms with E-state index in [1.807, 2.05) is 0 Å². The van der Waals surface area contributed by atoms with E-state index in [9.17, 15) is 4.39 Å². The second-order valence-electron chi connectivity index (χ2n) is 2.46. The SMILES string of the molecule is Fc1c(Br)cccc1-c1nnc(Cl)s1. The van der Waals surface area contributed by atoms with E-state index >= 15 is 0 Å². The summed E-state index contributed by atoms with van der Waals surface area (Å²) in [5.74, 6) is -0.347. The molecule has 0 spiro atoms. The second-order valence-corrected chi connectivity index (χ2v) is 4.88. The van der Waals surface area contributed by atoms with Crippen molar-refractivity contribution >= 4 is 38.9 Å². The second kappa shape index (κ2) is 3.92. The zero-order valence-electron chi connectivity index (χ0n) is 6.67. The van der Waals surface area contributed by atoms with Crippen LogP contribution in [0.25, 0.3) is 10.6 Å². The maximum absolute atomic E-state index is 13.5. The van der Waals surface area contributed by atoms with Gasteiger partial charge in [-0.3, -0.25) is 0 Å². The summed E-state index contributed by atoms with van der Waals surface area (Å²) in [5.41, 5.74) is 0.406. The van der Waals surface area contributed by atoms with Gasteiger partial charge in [0.15, 0.2) is 5.01 Å². The van der Waals surface area contributed by atoms with Gasteiger partial charge < -0.3 is 0 Å². The summed E-state index contributed by atoms with van der Waals surface area (Å²) in [6, 6.07) is 5.00. The largest absolute Gasteiger partial charge is 0.207 e. The van der Waals surface area contributed by atoms with Crippen molar-refractivity contribution in [3.63, 3.8) is 0 Å². The Labute approximate surface area is 96.9 Å². The first-order chi connectivity index (χ1) is 6.68. The zero-order chi connectivity index (χ0) is 10.1. The number of hydrogen-bond acceptors (Lipinski definition) is 3. The summed E-state index contributed by atoms with van der Waals surface area (Å²) >= 11 is 9.86. The van der Waals surface area contributed by atoms with Crippen molar-refractivity contribution in [3.05, 3.63) is 33.0 Å². The molecule has 2 nitrogen and oxygen atoms in total. The summed E-state index contributed by atoms with van der Waals surface area (Å²) in [5, 5.41) is 7.86. The Hall–Kier alpha value is -0.520. The van der Waals surface area contributed by atoms with Gasteiger partial charge in [0.2, 0.25) is 4.47 Å². The molecule has 0 atom stereocenters. The molecule has 0 aliphatic heterocycles. The quantitative estimate of drug-likeness (QED) is 0.800. The van der Waals surface area contributed by atoms with Gasteiger partial charge in [0.1, 0.15) is 5.82 Å². The van der Waals surface area contributed by atoms with Crippen molar-refractivity contribution in [2.24, 2.45) is 0 Å². The molecule has 1 aromatic carbocycles. The van der Waals surface area contributed by atoms with E-state index in [4.69, 9.17) is 11.6 Å². The monoisotopic (exact) mass is 292 g/mol. The van der Waals surface area contributed by atoms with Crippen LogP contribution in [0.3, 0.4) is 0 Å². The third-order valence-corrected chi connectivity index (χ3v) is 3.25. The lowest BCUT2D eigenvalue weighted by atomic mass is 10.2. The predicted octanol–water partition coefficient (Wildman–Crippen LogP) is 3.76. The maximum Gasteiger partial charge on any atom is 0.207 e. The summed E-state index contributed by atoms with van der Waals surface area (Å²) in [4.78, 5) is 0. The molecule has 0 radical (unpaired) electrons. The van der Waals surface area contributed by atoms with Crippen molar-refractivity contribution in [2.75, 3.05) is 0 Å². The van der Waals surface area contributed by atoms with Crippen molar-refractivity contribution in [1.82, 2.24) is 10.2 Å². The fourth-order valence-electron chi connectivity index (χ4n) is 0.983. The third kappa shape index (κ3) is 1.80. The van der Waals surface area contributed by atoms with Gasteiger partial charge in [0.05, 0.1) is 4.47 Å². The average Bonchev–Trinajstić information content (AvgIpc) is 2.57. The predicted molar refractivity (Wildman–Crippen MR) is 58.0 cm³/mol. The van der Waals surface area contributed by atoms with Gasteiger partial charge in [-0.25, -0.2) is 4.39 Å². The van der Waals surface area contributed by atoms with Crippen LogP contribution in [0.4, 0.5) is 4.39 Å². The smallest absolute Gasteiger partial charge is 0.205 e. The van der Waals surface area contributed by atoms with Gasteiger partial charge in [-0.2, -0.15) is 0 Å². The van der Waals surface area contributed by atoms with Crippen molar-refractivity contribution in [3.8, 4) is 10.6 Å². The first-order valence-electron chi connectivity index (χ1n) is 3.62. The molecule has 0 saturated carbocycles. The Kier molecular flexibility index (Phi) is 2.80. The highest BCUT2D eigenvalue weighted by Gasteiger charge is 2.12. The number of nitrogens with zero attached hydrogens (tertiary/aromatic N) is 2. The topological polar surface area (TPSA) is 25.8 Å². The molecule has 6 heteroatoms. The van der Waals surface area contributed by atoms with Crippen LogP contribution in [0, 0.1) is 5.82 Å². The minimum Gasteiger partial charge on any atom is -0.205 e. The van der Waals surface area contributed by atoms with E-state index in [1.54, 1.807) is 18.2 Å². The first-order valence-corrected chi connectivity index (χ1v) is 5.60.